The first kappa shape index (κ1) is 58.0. The summed E-state index contributed by atoms with van der Waals surface area (Å²) in [5, 5.41) is 13.7. The van der Waals surface area contributed by atoms with Crippen LogP contribution in [0.5, 0.6) is 0 Å². The molecular formula is C50H99N2O6P. The monoisotopic (exact) mass is 855 g/mol. The molecule has 0 aliphatic rings. The molecule has 0 spiro atoms. The van der Waals surface area contributed by atoms with Crippen molar-refractivity contribution >= 4 is 13.7 Å². The number of carbonyl (C=O) groups excluding carboxylic acids is 1. The van der Waals surface area contributed by atoms with Crippen molar-refractivity contribution in [1.29, 1.82) is 0 Å². The SMILES string of the molecule is CCCCCCCC/C=C\CCCCCCCCCCCC(=O)NC(COP(=O)(O)OCCN)C(O)/C=C/CCCCCCCCCCCCCCCCCCCCC. The molecule has 3 atom stereocenters. The van der Waals surface area contributed by atoms with Gasteiger partial charge in [0.15, 0.2) is 0 Å². The van der Waals surface area contributed by atoms with Crippen molar-refractivity contribution in [3.8, 4) is 0 Å². The smallest absolute Gasteiger partial charge is 0.387 e. The topological polar surface area (TPSA) is 131 Å². The van der Waals surface area contributed by atoms with Crippen molar-refractivity contribution in [3.05, 3.63) is 24.3 Å². The van der Waals surface area contributed by atoms with Gasteiger partial charge in [0.05, 0.1) is 25.4 Å². The van der Waals surface area contributed by atoms with Gasteiger partial charge in [0.1, 0.15) is 0 Å². The highest BCUT2D eigenvalue weighted by molar-refractivity contribution is 7.47. The van der Waals surface area contributed by atoms with Crippen molar-refractivity contribution in [3.63, 3.8) is 0 Å². The number of rotatable bonds is 48. The number of aliphatic hydroxyl groups excluding tert-OH is 1. The minimum absolute atomic E-state index is 0.0795. The molecule has 59 heavy (non-hydrogen) atoms. The zero-order chi connectivity index (χ0) is 43.2. The summed E-state index contributed by atoms with van der Waals surface area (Å²) >= 11 is 0. The summed E-state index contributed by atoms with van der Waals surface area (Å²) in [6.45, 7) is 4.17. The summed E-state index contributed by atoms with van der Waals surface area (Å²) in [6.07, 6.45) is 55.2. The lowest BCUT2D eigenvalue weighted by molar-refractivity contribution is -0.123. The maximum absolute atomic E-state index is 12.8. The molecule has 9 heteroatoms. The van der Waals surface area contributed by atoms with Crippen molar-refractivity contribution in [1.82, 2.24) is 5.32 Å². The Morgan fingerprint density at radius 2 is 0.881 bits per heavy atom. The third-order valence-corrected chi connectivity index (χ3v) is 12.5. The first-order valence-electron chi connectivity index (χ1n) is 25.5. The van der Waals surface area contributed by atoms with Gasteiger partial charge in [0.25, 0.3) is 0 Å². The first-order valence-corrected chi connectivity index (χ1v) is 27.0. The maximum atomic E-state index is 12.8. The molecule has 8 nitrogen and oxygen atoms in total. The van der Waals surface area contributed by atoms with E-state index in [1.807, 2.05) is 6.08 Å². The third kappa shape index (κ3) is 44.8. The number of unbranched alkanes of at least 4 members (excludes halogenated alkanes) is 34. The van der Waals surface area contributed by atoms with Gasteiger partial charge in [-0.15, -0.1) is 0 Å². The van der Waals surface area contributed by atoms with Crippen LogP contribution in [0, 0.1) is 0 Å². The van der Waals surface area contributed by atoms with Crippen LogP contribution in [0.25, 0.3) is 0 Å². The van der Waals surface area contributed by atoms with Gasteiger partial charge in [-0.2, -0.15) is 0 Å². The second-order valence-corrected chi connectivity index (χ2v) is 18.8. The molecule has 350 valence electrons. The van der Waals surface area contributed by atoms with Gasteiger partial charge in [0.2, 0.25) is 5.91 Å². The highest BCUT2D eigenvalue weighted by atomic mass is 31.2. The van der Waals surface area contributed by atoms with E-state index in [-0.39, 0.29) is 25.7 Å². The normalized spacial score (nSPS) is 14.1. The second kappa shape index (κ2) is 46.5. The van der Waals surface area contributed by atoms with E-state index >= 15 is 0 Å². The Morgan fingerprint density at radius 1 is 0.542 bits per heavy atom. The number of nitrogens with one attached hydrogen (secondary N) is 1. The predicted molar refractivity (Wildman–Crippen MR) is 254 cm³/mol. The van der Waals surface area contributed by atoms with Crippen molar-refractivity contribution in [2.75, 3.05) is 19.8 Å². The van der Waals surface area contributed by atoms with Crippen LogP contribution in [0.4, 0.5) is 0 Å². The Hall–Kier alpha value is -1.02. The van der Waals surface area contributed by atoms with Gasteiger partial charge in [0, 0.05) is 13.0 Å². The van der Waals surface area contributed by atoms with E-state index < -0.39 is 20.0 Å². The molecule has 0 radical (unpaired) electrons. The number of phosphoric ester groups is 1. The van der Waals surface area contributed by atoms with Crippen LogP contribution in [0.15, 0.2) is 24.3 Å². The van der Waals surface area contributed by atoms with Crippen LogP contribution in [0.3, 0.4) is 0 Å². The fourth-order valence-electron chi connectivity index (χ4n) is 7.66. The van der Waals surface area contributed by atoms with Gasteiger partial charge in [-0.3, -0.25) is 13.8 Å². The molecule has 0 bridgehead atoms. The van der Waals surface area contributed by atoms with Gasteiger partial charge in [-0.25, -0.2) is 4.57 Å². The van der Waals surface area contributed by atoms with E-state index in [0.717, 1.165) is 38.5 Å². The number of carbonyl (C=O) groups is 1. The average Bonchev–Trinajstić information content (AvgIpc) is 3.22. The quantitative estimate of drug-likeness (QED) is 0.0272. The molecule has 0 fully saturated rings. The zero-order valence-corrected chi connectivity index (χ0v) is 39.9. The van der Waals surface area contributed by atoms with Crippen LogP contribution >= 0.6 is 7.82 Å². The summed E-state index contributed by atoms with van der Waals surface area (Å²) in [5.74, 6) is -0.193. The number of aliphatic hydroxyl groups is 1. The lowest BCUT2D eigenvalue weighted by Crippen LogP contribution is -2.45. The Balaban J connectivity index is 4.09. The number of hydrogen-bond acceptors (Lipinski definition) is 6. The molecular weight excluding hydrogens is 756 g/mol. The second-order valence-electron chi connectivity index (χ2n) is 17.4. The third-order valence-electron chi connectivity index (χ3n) is 11.5. The van der Waals surface area contributed by atoms with Crippen molar-refractivity contribution in [2.24, 2.45) is 5.73 Å². The molecule has 0 aliphatic heterocycles. The molecule has 5 N–H and O–H groups in total. The largest absolute Gasteiger partial charge is 0.472 e. The van der Waals surface area contributed by atoms with Crippen LogP contribution in [-0.2, 0) is 18.4 Å². The number of amides is 1. The Kier molecular flexibility index (Phi) is 45.7. The van der Waals surface area contributed by atoms with Gasteiger partial charge < -0.3 is 21.1 Å². The molecule has 0 heterocycles. The first-order chi connectivity index (χ1) is 28.9. The summed E-state index contributed by atoms with van der Waals surface area (Å²) < 4.78 is 22.2. The summed E-state index contributed by atoms with van der Waals surface area (Å²) in [4.78, 5) is 22.8. The van der Waals surface area contributed by atoms with Gasteiger partial charge >= 0.3 is 7.82 Å². The molecule has 0 aromatic rings. The fraction of sp³-hybridized carbons (Fsp3) is 0.900. The molecule has 3 unspecified atom stereocenters. The van der Waals surface area contributed by atoms with Crippen molar-refractivity contribution < 1.29 is 28.4 Å². The minimum atomic E-state index is -4.34. The number of allylic oxidation sites excluding steroid dienone is 3. The lowest BCUT2D eigenvalue weighted by Gasteiger charge is -2.23. The van der Waals surface area contributed by atoms with Gasteiger partial charge in [-0.05, 0) is 44.9 Å². The molecule has 0 aliphatic carbocycles. The molecule has 0 aromatic heterocycles. The van der Waals surface area contributed by atoms with Crippen LogP contribution in [0.2, 0.25) is 0 Å². The van der Waals surface area contributed by atoms with E-state index in [1.165, 1.54) is 199 Å². The molecule has 0 saturated heterocycles. The Bertz CT molecular complexity index is 979. The Morgan fingerprint density at radius 3 is 1.25 bits per heavy atom. The summed E-state index contributed by atoms with van der Waals surface area (Å²) in [7, 11) is -4.34. The van der Waals surface area contributed by atoms with Crippen molar-refractivity contribution in [2.45, 2.75) is 270 Å². The number of hydrogen-bond donors (Lipinski definition) is 4. The van der Waals surface area contributed by atoms with Crippen LogP contribution in [-0.4, -0.2) is 47.8 Å². The van der Waals surface area contributed by atoms with Crippen LogP contribution in [0.1, 0.15) is 258 Å². The van der Waals surface area contributed by atoms with Gasteiger partial charge in [-0.1, -0.05) is 231 Å². The van der Waals surface area contributed by atoms with Crippen LogP contribution < -0.4 is 11.1 Å². The van der Waals surface area contributed by atoms with E-state index in [4.69, 9.17) is 14.8 Å². The maximum Gasteiger partial charge on any atom is 0.472 e. The van der Waals surface area contributed by atoms with E-state index in [1.54, 1.807) is 6.08 Å². The minimum Gasteiger partial charge on any atom is -0.387 e. The fourth-order valence-corrected chi connectivity index (χ4v) is 8.42. The standard InChI is InChI=1S/C50H99N2O6P/c1-3-5-7-9-11-13-15-17-19-21-23-24-26-27-29-31-33-35-37-39-41-43-49(53)48(47-58-59(55,56)57-46-45-51)52-50(54)44-42-40-38-36-34-32-30-28-25-22-20-18-16-14-12-10-8-6-4-2/h18,20,41,43,48-49,53H,3-17,19,21-40,42,44-47,51H2,1-2H3,(H,52,54)(H,55,56)/b20-18-,43-41+. The summed E-state index contributed by atoms with van der Waals surface area (Å²) in [5.41, 5.74) is 5.39. The Labute approximate surface area is 366 Å². The number of phosphoric acid groups is 1. The highest BCUT2D eigenvalue weighted by Gasteiger charge is 2.26. The zero-order valence-electron chi connectivity index (χ0n) is 39.0. The molecule has 1 amide bonds. The summed E-state index contributed by atoms with van der Waals surface area (Å²) in [6, 6.07) is -0.860. The lowest BCUT2D eigenvalue weighted by atomic mass is 10.0. The van der Waals surface area contributed by atoms with E-state index in [0.29, 0.717) is 6.42 Å². The number of nitrogens with two attached hydrogens (primary N) is 1. The molecule has 0 rings (SSSR count). The van der Waals surface area contributed by atoms with E-state index in [2.05, 4.69) is 31.3 Å². The molecule has 0 saturated carbocycles. The van der Waals surface area contributed by atoms with E-state index in [9.17, 15) is 19.4 Å². The highest BCUT2D eigenvalue weighted by Crippen LogP contribution is 2.43. The molecule has 0 aromatic carbocycles. The predicted octanol–water partition coefficient (Wildman–Crippen LogP) is 14.9. The average molecular weight is 855 g/mol.